The van der Waals surface area contributed by atoms with Crippen molar-refractivity contribution in [3.8, 4) is 5.75 Å². The van der Waals surface area contributed by atoms with Crippen LogP contribution in [-0.4, -0.2) is 36.9 Å². The number of anilines is 1. The number of fused-ring (bicyclic) bond motifs is 1. The number of hydrogen-bond acceptors (Lipinski definition) is 4. The third-order valence-electron chi connectivity index (χ3n) is 6.88. The van der Waals surface area contributed by atoms with Gasteiger partial charge in [-0.05, 0) is 29.5 Å². The predicted molar refractivity (Wildman–Crippen MR) is 110 cm³/mol. The maximum Gasteiger partial charge on any atom is 0.307 e. The molecule has 2 fully saturated rings. The SMILES string of the molecule is COC1CC(Oc2cc(F)c(F)c(N3CCc4c(ccc([C@@H]5C[C@H]5C(=O)O)c4F)C3)c2)C1. The molecule has 2 atom stereocenters. The maximum absolute atomic E-state index is 15.1. The van der Waals surface area contributed by atoms with Gasteiger partial charge in [0.1, 0.15) is 17.7 Å². The van der Waals surface area contributed by atoms with E-state index in [9.17, 15) is 13.6 Å². The minimum absolute atomic E-state index is 0.0888. The molecule has 2 saturated carbocycles. The quantitative estimate of drug-likeness (QED) is 0.711. The minimum atomic E-state index is -0.985. The lowest BCUT2D eigenvalue weighted by Crippen LogP contribution is -2.39. The summed E-state index contributed by atoms with van der Waals surface area (Å²) >= 11 is 0. The highest BCUT2D eigenvalue weighted by atomic mass is 19.2. The lowest BCUT2D eigenvalue weighted by molar-refractivity contribution is -0.138. The molecule has 1 N–H and O–H groups in total. The van der Waals surface area contributed by atoms with Crippen LogP contribution in [-0.2, 0) is 22.5 Å². The molecule has 5 rings (SSSR count). The Balaban J connectivity index is 1.35. The molecule has 2 aromatic carbocycles. The van der Waals surface area contributed by atoms with Crippen LogP contribution in [0, 0.1) is 23.4 Å². The van der Waals surface area contributed by atoms with Crippen molar-refractivity contribution in [2.75, 3.05) is 18.6 Å². The summed E-state index contributed by atoms with van der Waals surface area (Å²) in [6.45, 7) is 0.546. The average Bonchev–Trinajstić information content (AvgIpc) is 3.53. The standard InChI is InChI=1S/C24H24F3NO4/c1-31-13-6-14(7-13)32-15-8-20(25)23(27)21(9-15)28-5-4-16-12(11-28)2-3-17(22(16)26)18-10-19(18)24(29)30/h2-3,8-9,13-14,18-19H,4-7,10-11H2,1H3,(H,29,30)/t13?,14?,18-,19+/m0/s1. The van der Waals surface area contributed by atoms with Crippen LogP contribution in [0.3, 0.4) is 0 Å². The van der Waals surface area contributed by atoms with Gasteiger partial charge in [0.05, 0.1) is 17.7 Å². The predicted octanol–water partition coefficient (Wildman–Crippen LogP) is 4.41. The van der Waals surface area contributed by atoms with Crippen molar-refractivity contribution in [3.63, 3.8) is 0 Å². The largest absolute Gasteiger partial charge is 0.490 e. The molecule has 2 aromatic rings. The number of nitrogens with zero attached hydrogens (tertiary/aromatic N) is 1. The number of methoxy groups -OCH3 is 1. The number of aliphatic carboxylic acids is 1. The summed E-state index contributed by atoms with van der Waals surface area (Å²) in [4.78, 5) is 12.8. The van der Waals surface area contributed by atoms with Gasteiger partial charge in [-0.15, -0.1) is 0 Å². The Kier molecular flexibility index (Phi) is 5.28. The molecule has 5 nitrogen and oxygen atoms in total. The van der Waals surface area contributed by atoms with Gasteiger partial charge in [-0.25, -0.2) is 13.2 Å². The van der Waals surface area contributed by atoms with Crippen LogP contribution in [0.25, 0.3) is 0 Å². The van der Waals surface area contributed by atoms with Gasteiger partial charge in [-0.2, -0.15) is 0 Å². The van der Waals surface area contributed by atoms with E-state index in [4.69, 9.17) is 14.6 Å². The van der Waals surface area contributed by atoms with Gasteiger partial charge in [0.25, 0.3) is 0 Å². The van der Waals surface area contributed by atoms with Gasteiger partial charge in [-0.1, -0.05) is 12.1 Å². The lowest BCUT2D eigenvalue weighted by atomic mass is 9.92. The van der Waals surface area contributed by atoms with E-state index in [0.29, 0.717) is 48.9 Å². The van der Waals surface area contributed by atoms with Crippen molar-refractivity contribution in [2.45, 2.75) is 50.4 Å². The number of carboxylic acid groups (broad SMARTS) is 1. The second-order valence-electron chi connectivity index (χ2n) is 8.87. The van der Waals surface area contributed by atoms with Crippen molar-refractivity contribution in [2.24, 2.45) is 5.92 Å². The van der Waals surface area contributed by atoms with E-state index in [2.05, 4.69) is 0 Å². The van der Waals surface area contributed by atoms with Gasteiger partial charge in [0.2, 0.25) is 0 Å². The van der Waals surface area contributed by atoms with Gasteiger partial charge in [0.15, 0.2) is 11.6 Å². The van der Waals surface area contributed by atoms with Crippen LogP contribution in [0.2, 0.25) is 0 Å². The molecule has 0 radical (unpaired) electrons. The van der Waals surface area contributed by atoms with E-state index in [0.717, 1.165) is 6.07 Å². The molecule has 0 saturated heterocycles. The number of rotatable bonds is 6. The van der Waals surface area contributed by atoms with E-state index >= 15 is 4.39 Å². The topological polar surface area (TPSA) is 59.0 Å². The minimum Gasteiger partial charge on any atom is -0.490 e. The van der Waals surface area contributed by atoms with E-state index < -0.39 is 23.5 Å². The zero-order chi connectivity index (χ0) is 22.6. The molecule has 0 bridgehead atoms. The summed E-state index contributed by atoms with van der Waals surface area (Å²) < 4.78 is 55.1. The van der Waals surface area contributed by atoms with Gasteiger partial charge < -0.3 is 19.5 Å². The Labute approximate surface area is 183 Å². The van der Waals surface area contributed by atoms with Crippen LogP contribution in [0.4, 0.5) is 18.9 Å². The summed E-state index contributed by atoms with van der Waals surface area (Å²) in [6.07, 6.45) is 2.21. The summed E-state index contributed by atoms with van der Waals surface area (Å²) in [6, 6.07) is 5.95. The van der Waals surface area contributed by atoms with Crippen LogP contribution < -0.4 is 9.64 Å². The Morgan fingerprint density at radius 2 is 1.88 bits per heavy atom. The van der Waals surface area contributed by atoms with Gasteiger partial charge in [-0.3, -0.25) is 4.79 Å². The number of carbonyl (C=O) groups is 1. The van der Waals surface area contributed by atoms with Crippen molar-refractivity contribution >= 4 is 11.7 Å². The number of benzene rings is 2. The molecule has 8 heteroatoms. The van der Waals surface area contributed by atoms with E-state index in [1.165, 1.54) is 6.07 Å². The highest BCUT2D eigenvalue weighted by molar-refractivity contribution is 5.75. The van der Waals surface area contributed by atoms with Gasteiger partial charge in [0, 0.05) is 51.1 Å². The van der Waals surface area contributed by atoms with Crippen LogP contribution >= 0.6 is 0 Å². The van der Waals surface area contributed by atoms with Crippen molar-refractivity contribution < 1.29 is 32.5 Å². The van der Waals surface area contributed by atoms with Crippen molar-refractivity contribution in [1.82, 2.24) is 0 Å². The molecule has 2 aliphatic carbocycles. The number of ether oxygens (including phenoxy) is 2. The van der Waals surface area contributed by atoms with Crippen LogP contribution in [0.15, 0.2) is 24.3 Å². The fraction of sp³-hybridized carbons (Fsp3) is 0.458. The molecule has 3 aliphatic rings. The molecular weight excluding hydrogens is 423 g/mol. The molecule has 0 aromatic heterocycles. The Morgan fingerprint density at radius 1 is 1.09 bits per heavy atom. The van der Waals surface area contributed by atoms with Crippen LogP contribution in [0.5, 0.6) is 5.75 Å². The third-order valence-corrected chi connectivity index (χ3v) is 6.88. The Hall–Kier alpha value is -2.74. The molecular formula is C24H24F3NO4. The van der Waals surface area contributed by atoms with Crippen molar-refractivity contribution in [1.29, 1.82) is 0 Å². The Bertz CT molecular complexity index is 1070. The molecule has 0 unspecified atom stereocenters. The maximum atomic E-state index is 15.1. The summed E-state index contributed by atoms with van der Waals surface area (Å²) in [5.41, 5.74) is 1.75. The number of carboxylic acids is 1. The second kappa shape index (κ2) is 7.99. The first-order valence-corrected chi connectivity index (χ1v) is 10.8. The van der Waals surface area contributed by atoms with E-state index in [-0.39, 0.29) is 41.9 Å². The number of halogens is 3. The summed E-state index contributed by atoms with van der Waals surface area (Å²) in [5.74, 6) is -3.77. The number of hydrogen-bond donors (Lipinski definition) is 1. The van der Waals surface area contributed by atoms with Gasteiger partial charge >= 0.3 is 5.97 Å². The second-order valence-corrected chi connectivity index (χ2v) is 8.87. The lowest BCUT2D eigenvalue weighted by Gasteiger charge is -2.35. The average molecular weight is 447 g/mol. The van der Waals surface area contributed by atoms with E-state index in [1.807, 2.05) is 0 Å². The molecule has 1 aliphatic heterocycles. The fourth-order valence-corrected chi connectivity index (χ4v) is 4.78. The normalized spacial score (nSPS) is 26.3. The Morgan fingerprint density at radius 3 is 2.56 bits per heavy atom. The van der Waals surface area contributed by atoms with Crippen LogP contribution in [0.1, 0.15) is 41.9 Å². The highest BCUT2D eigenvalue weighted by Crippen LogP contribution is 2.49. The summed E-state index contributed by atoms with van der Waals surface area (Å²) in [5, 5.41) is 9.13. The summed E-state index contributed by atoms with van der Waals surface area (Å²) in [7, 11) is 1.63. The first kappa shape index (κ1) is 21.1. The first-order chi connectivity index (χ1) is 15.4. The smallest absolute Gasteiger partial charge is 0.307 e. The third kappa shape index (κ3) is 3.70. The zero-order valence-corrected chi connectivity index (χ0v) is 17.6. The molecule has 0 spiro atoms. The monoisotopic (exact) mass is 447 g/mol. The molecule has 0 amide bonds. The molecule has 170 valence electrons. The molecule has 1 heterocycles. The molecule has 32 heavy (non-hydrogen) atoms. The zero-order valence-electron chi connectivity index (χ0n) is 17.6. The van der Waals surface area contributed by atoms with Crippen molar-refractivity contribution in [3.05, 3.63) is 58.4 Å². The highest BCUT2D eigenvalue weighted by Gasteiger charge is 2.46. The van der Waals surface area contributed by atoms with E-state index in [1.54, 1.807) is 24.1 Å². The fourth-order valence-electron chi connectivity index (χ4n) is 4.78. The first-order valence-electron chi connectivity index (χ1n) is 10.8.